The lowest BCUT2D eigenvalue weighted by atomic mass is 9.90. The molecule has 2 saturated heterocycles. The van der Waals surface area contributed by atoms with E-state index in [1.807, 2.05) is 0 Å². The number of halogens is 5. The molecule has 2 fully saturated rings. The summed E-state index contributed by atoms with van der Waals surface area (Å²) in [7, 11) is 1.39. The number of aromatic nitrogens is 4. The largest absolute Gasteiger partial charge is 0.435 e. The summed E-state index contributed by atoms with van der Waals surface area (Å²) >= 11 is 6.42. The van der Waals surface area contributed by atoms with Crippen molar-refractivity contribution in [2.24, 2.45) is 7.05 Å². The number of piperazine rings is 1. The Morgan fingerprint density at radius 3 is 2.41 bits per heavy atom. The zero-order valence-corrected chi connectivity index (χ0v) is 26.2. The highest BCUT2D eigenvalue weighted by Gasteiger charge is 2.41. The fourth-order valence-corrected chi connectivity index (χ4v) is 5.71. The number of amides is 3. The van der Waals surface area contributed by atoms with Crippen LogP contribution in [0.2, 0.25) is 5.02 Å². The lowest BCUT2D eigenvalue weighted by Gasteiger charge is -2.40. The second-order valence-electron chi connectivity index (χ2n) is 10.8. The summed E-state index contributed by atoms with van der Waals surface area (Å²) in [6, 6.07) is 4.31. The van der Waals surface area contributed by atoms with Crippen molar-refractivity contribution >= 4 is 47.4 Å². The standard InChI is InChI=1S/C29H30ClF3N8O4.ClH/c1-3-10-41-17-20(23(37-41)29(31,32)33)22-16-35-24(38(22)2)25(42)36-18-4-5-19(21(30)15-18)26(43)39-11-13-40(14-12-39)27(44)28(45)6-8-34-9-7-28;/h1,4-5,15-17,34,45H,6-14H2,2H3,(H,36,42);1H. The number of hydrogen-bond acceptors (Lipinski definition) is 7. The van der Waals surface area contributed by atoms with Gasteiger partial charge in [0.2, 0.25) is 0 Å². The number of terminal acetylenes is 1. The molecule has 2 aliphatic rings. The molecule has 0 radical (unpaired) electrons. The third kappa shape index (κ3) is 7.00. The van der Waals surface area contributed by atoms with Crippen molar-refractivity contribution < 1.29 is 32.7 Å². The van der Waals surface area contributed by atoms with Gasteiger partial charge in [-0.05, 0) is 44.1 Å². The SMILES string of the molecule is C#CCn1cc(-c2cnc(C(=O)Nc3ccc(C(=O)N4CCN(C(=O)C5(O)CCNCC5)CC4)c(Cl)c3)n2C)c(C(F)(F)F)n1.Cl. The van der Waals surface area contributed by atoms with E-state index >= 15 is 0 Å². The molecular weight excluding hydrogens is 652 g/mol. The highest BCUT2D eigenvalue weighted by atomic mass is 35.5. The summed E-state index contributed by atoms with van der Waals surface area (Å²) < 4.78 is 43.1. The molecule has 0 aliphatic carbocycles. The molecule has 0 unspecified atom stereocenters. The quantitative estimate of drug-likeness (QED) is 0.340. The van der Waals surface area contributed by atoms with Crippen molar-refractivity contribution in [2.75, 3.05) is 44.6 Å². The van der Waals surface area contributed by atoms with Crippen molar-refractivity contribution in [1.29, 1.82) is 0 Å². The molecule has 0 atom stereocenters. The van der Waals surface area contributed by atoms with Crippen LogP contribution in [0.3, 0.4) is 0 Å². The number of benzene rings is 1. The number of carbonyl (C=O) groups is 3. The van der Waals surface area contributed by atoms with Gasteiger partial charge in [-0.3, -0.25) is 19.1 Å². The van der Waals surface area contributed by atoms with E-state index in [4.69, 9.17) is 18.0 Å². The minimum absolute atomic E-state index is 0. The number of carbonyl (C=O) groups excluding carboxylic acids is 3. The van der Waals surface area contributed by atoms with Crippen LogP contribution in [-0.2, 0) is 24.6 Å². The summed E-state index contributed by atoms with van der Waals surface area (Å²) in [5.74, 6) is 0.649. The summed E-state index contributed by atoms with van der Waals surface area (Å²) in [4.78, 5) is 46.3. The second-order valence-corrected chi connectivity index (χ2v) is 11.2. The van der Waals surface area contributed by atoms with E-state index in [0.717, 1.165) is 17.1 Å². The topological polar surface area (TPSA) is 138 Å². The highest BCUT2D eigenvalue weighted by Crippen LogP contribution is 2.36. The third-order valence-corrected chi connectivity index (χ3v) is 8.20. The van der Waals surface area contributed by atoms with Gasteiger partial charge in [-0.2, -0.15) is 18.3 Å². The maximum Gasteiger partial charge on any atom is 0.435 e. The Balaban J connectivity index is 0.00000480. The first-order valence-electron chi connectivity index (χ1n) is 14.1. The molecule has 0 spiro atoms. The predicted octanol–water partition coefficient (Wildman–Crippen LogP) is 2.66. The average Bonchev–Trinajstić information content (AvgIpc) is 3.60. The number of anilines is 1. The van der Waals surface area contributed by atoms with E-state index in [-0.39, 0.29) is 90.3 Å². The summed E-state index contributed by atoms with van der Waals surface area (Å²) in [5, 5.41) is 20.1. The normalized spacial score (nSPS) is 16.4. The van der Waals surface area contributed by atoms with Gasteiger partial charge in [0.05, 0.1) is 28.0 Å². The van der Waals surface area contributed by atoms with Crippen LogP contribution >= 0.6 is 24.0 Å². The van der Waals surface area contributed by atoms with Crippen LogP contribution in [0.15, 0.2) is 30.6 Å². The van der Waals surface area contributed by atoms with Crippen LogP contribution in [0.5, 0.6) is 0 Å². The van der Waals surface area contributed by atoms with Crippen molar-refractivity contribution in [3.63, 3.8) is 0 Å². The molecule has 46 heavy (non-hydrogen) atoms. The molecule has 17 heteroatoms. The molecule has 4 heterocycles. The smallest absolute Gasteiger partial charge is 0.380 e. The molecule has 0 saturated carbocycles. The second kappa shape index (κ2) is 13.7. The van der Waals surface area contributed by atoms with Crippen LogP contribution in [0.4, 0.5) is 18.9 Å². The number of aliphatic hydroxyl groups is 1. The first-order valence-corrected chi connectivity index (χ1v) is 14.4. The Morgan fingerprint density at radius 1 is 1.15 bits per heavy atom. The Labute approximate surface area is 273 Å². The van der Waals surface area contributed by atoms with Crippen LogP contribution in [0.25, 0.3) is 11.3 Å². The average molecular weight is 684 g/mol. The first kappa shape index (κ1) is 34.8. The molecule has 2 aliphatic heterocycles. The van der Waals surface area contributed by atoms with Gasteiger partial charge >= 0.3 is 6.18 Å². The molecular formula is C29H31Cl2F3N8O4. The zero-order chi connectivity index (χ0) is 32.5. The summed E-state index contributed by atoms with van der Waals surface area (Å²) in [6.45, 7) is 1.99. The van der Waals surface area contributed by atoms with E-state index < -0.39 is 23.4 Å². The Morgan fingerprint density at radius 2 is 1.80 bits per heavy atom. The van der Waals surface area contributed by atoms with Crippen molar-refractivity contribution in [3.8, 4) is 23.6 Å². The molecule has 5 rings (SSSR count). The van der Waals surface area contributed by atoms with Gasteiger partial charge in [0.1, 0.15) is 12.1 Å². The lowest BCUT2D eigenvalue weighted by Crippen LogP contribution is -2.59. The molecule has 12 nitrogen and oxygen atoms in total. The van der Waals surface area contributed by atoms with Crippen molar-refractivity contribution in [3.05, 3.63) is 52.7 Å². The van der Waals surface area contributed by atoms with Gasteiger partial charge in [0.25, 0.3) is 17.7 Å². The van der Waals surface area contributed by atoms with Gasteiger partial charge in [-0.15, -0.1) is 18.8 Å². The fraction of sp³-hybridized carbons (Fsp3) is 0.414. The highest BCUT2D eigenvalue weighted by molar-refractivity contribution is 6.34. The minimum Gasteiger partial charge on any atom is -0.380 e. The molecule has 3 amide bonds. The van der Waals surface area contributed by atoms with E-state index in [1.165, 1.54) is 29.8 Å². The lowest BCUT2D eigenvalue weighted by molar-refractivity contribution is -0.155. The maximum absolute atomic E-state index is 13.6. The molecule has 0 bridgehead atoms. The van der Waals surface area contributed by atoms with Gasteiger partial charge in [0.15, 0.2) is 11.5 Å². The Bertz CT molecular complexity index is 1670. The minimum atomic E-state index is -4.77. The van der Waals surface area contributed by atoms with Crippen LogP contribution in [-0.4, -0.2) is 96.8 Å². The predicted molar refractivity (Wildman–Crippen MR) is 164 cm³/mol. The zero-order valence-electron chi connectivity index (χ0n) is 24.6. The molecule has 3 aromatic rings. The number of alkyl halides is 3. The van der Waals surface area contributed by atoms with E-state index in [0.29, 0.717) is 25.9 Å². The van der Waals surface area contributed by atoms with Gasteiger partial charge in [-0.25, -0.2) is 4.98 Å². The molecule has 1 aromatic carbocycles. The third-order valence-electron chi connectivity index (χ3n) is 7.89. The van der Waals surface area contributed by atoms with Crippen LogP contribution in [0, 0.1) is 12.3 Å². The Hall–Kier alpha value is -4.10. The van der Waals surface area contributed by atoms with E-state index in [9.17, 15) is 32.7 Å². The van der Waals surface area contributed by atoms with Crippen molar-refractivity contribution in [1.82, 2.24) is 34.4 Å². The number of nitrogens with zero attached hydrogens (tertiary/aromatic N) is 6. The van der Waals surface area contributed by atoms with Crippen LogP contribution < -0.4 is 10.6 Å². The van der Waals surface area contributed by atoms with Gasteiger partial charge in [-0.1, -0.05) is 17.5 Å². The number of rotatable bonds is 6. The molecule has 3 N–H and O–H groups in total. The Kier molecular flexibility index (Phi) is 10.4. The van der Waals surface area contributed by atoms with E-state index in [2.05, 4.69) is 26.6 Å². The summed E-state index contributed by atoms with van der Waals surface area (Å²) in [5.41, 5.74) is -2.42. The fourth-order valence-electron chi connectivity index (χ4n) is 5.45. The molecule has 246 valence electrons. The summed E-state index contributed by atoms with van der Waals surface area (Å²) in [6.07, 6.45) is 3.40. The van der Waals surface area contributed by atoms with Crippen LogP contribution in [0.1, 0.15) is 39.5 Å². The number of hydrogen-bond donors (Lipinski definition) is 3. The van der Waals surface area contributed by atoms with E-state index in [1.54, 1.807) is 9.80 Å². The number of imidazole rings is 1. The number of nitrogens with one attached hydrogen (secondary N) is 2. The maximum atomic E-state index is 13.6. The van der Waals surface area contributed by atoms with Crippen molar-refractivity contribution in [2.45, 2.75) is 31.2 Å². The van der Waals surface area contributed by atoms with Gasteiger partial charge < -0.3 is 30.1 Å². The first-order chi connectivity index (χ1) is 21.3. The number of piperidine rings is 1. The van der Waals surface area contributed by atoms with Gasteiger partial charge in [0, 0.05) is 45.1 Å². The molecule has 2 aromatic heterocycles. The monoisotopic (exact) mass is 682 g/mol.